The number of amides is 1. The van der Waals surface area contributed by atoms with Crippen LogP contribution in [0.2, 0.25) is 0 Å². The molecular weight excluding hydrogens is 370 g/mol. The molecule has 1 aromatic carbocycles. The lowest BCUT2D eigenvalue weighted by atomic mass is 10.0. The SMILES string of the molecule is Cc1cc(C)c2c(c1)c(C)cc(=O)n2C(C)C(=O)Nc1sc(C)c(C)c1C#N. The van der Waals surface area contributed by atoms with Crippen LogP contribution in [0.5, 0.6) is 0 Å². The number of carbonyl (C=O) groups is 1. The Morgan fingerprint density at radius 2 is 1.82 bits per heavy atom. The Hall–Kier alpha value is -2.91. The molecule has 1 amide bonds. The second kappa shape index (κ2) is 7.25. The van der Waals surface area contributed by atoms with Gasteiger partial charge in [-0.15, -0.1) is 11.3 Å². The first-order valence-electron chi connectivity index (χ1n) is 9.09. The number of hydrogen-bond acceptors (Lipinski definition) is 4. The summed E-state index contributed by atoms with van der Waals surface area (Å²) in [4.78, 5) is 26.8. The number of nitriles is 1. The number of rotatable bonds is 3. The minimum absolute atomic E-state index is 0.210. The summed E-state index contributed by atoms with van der Waals surface area (Å²) in [6, 6.07) is 7.07. The highest BCUT2D eigenvalue weighted by Gasteiger charge is 2.23. The zero-order chi connectivity index (χ0) is 20.7. The molecule has 0 aliphatic heterocycles. The number of carbonyl (C=O) groups excluding carboxylic acids is 1. The predicted octanol–water partition coefficient (Wildman–Crippen LogP) is 4.68. The third-order valence-electron chi connectivity index (χ3n) is 5.19. The molecule has 0 saturated carbocycles. The molecule has 3 rings (SSSR count). The molecule has 0 saturated heterocycles. The maximum atomic E-state index is 13.0. The third kappa shape index (κ3) is 3.23. The van der Waals surface area contributed by atoms with Crippen molar-refractivity contribution in [1.82, 2.24) is 4.57 Å². The number of anilines is 1. The van der Waals surface area contributed by atoms with Gasteiger partial charge in [-0.05, 0) is 64.3 Å². The molecule has 2 heterocycles. The van der Waals surface area contributed by atoms with E-state index in [9.17, 15) is 14.9 Å². The summed E-state index contributed by atoms with van der Waals surface area (Å²) in [5.41, 5.74) is 4.88. The van der Waals surface area contributed by atoms with Gasteiger partial charge in [0.05, 0.1) is 11.1 Å². The van der Waals surface area contributed by atoms with Crippen LogP contribution in [0.3, 0.4) is 0 Å². The third-order valence-corrected chi connectivity index (χ3v) is 6.31. The van der Waals surface area contributed by atoms with Gasteiger partial charge in [0, 0.05) is 16.3 Å². The van der Waals surface area contributed by atoms with Crippen LogP contribution in [0.4, 0.5) is 5.00 Å². The molecule has 0 aliphatic rings. The summed E-state index contributed by atoms with van der Waals surface area (Å²) < 4.78 is 1.55. The number of hydrogen-bond donors (Lipinski definition) is 1. The minimum atomic E-state index is -0.716. The van der Waals surface area contributed by atoms with E-state index < -0.39 is 6.04 Å². The summed E-state index contributed by atoms with van der Waals surface area (Å²) in [5.74, 6) is -0.315. The number of pyridine rings is 1. The molecule has 0 spiro atoms. The molecule has 2 aromatic heterocycles. The summed E-state index contributed by atoms with van der Waals surface area (Å²) in [6.07, 6.45) is 0. The molecule has 1 unspecified atom stereocenters. The van der Waals surface area contributed by atoms with Crippen molar-refractivity contribution in [3.63, 3.8) is 0 Å². The Bertz CT molecular complexity index is 1210. The molecular formula is C22H23N3O2S. The Kier molecular flexibility index (Phi) is 5.14. The molecule has 1 atom stereocenters. The van der Waals surface area contributed by atoms with E-state index in [1.807, 2.05) is 46.8 Å². The number of nitrogens with zero attached hydrogens (tertiary/aromatic N) is 2. The fourth-order valence-electron chi connectivity index (χ4n) is 3.59. The molecule has 1 N–H and O–H groups in total. The van der Waals surface area contributed by atoms with Gasteiger partial charge in [0.25, 0.3) is 5.56 Å². The average Bonchev–Trinajstić information content (AvgIpc) is 2.88. The second-order valence-corrected chi connectivity index (χ2v) is 8.50. The average molecular weight is 394 g/mol. The fraction of sp³-hybridized carbons (Fsp3) is 0.318. The van der Waals surface area contributed by atoms with Crippen LogP contribution in [-0.2, 0) is 4.79 Å². The first-order chi connectivity index (χ1) is 13.1. The van der Waals surface area contributed by atoms with E-state index in [-0.39, 0.29) is 11.5 Å². The molecule has 0 aliphatic carbocycles. The second-order valence-electron chi connectivity index (χ2n) is 7.28. The molecule has 3 aromatic rings. The van der Waals surface area contributed by atoms with E-state index in [4.69, 9.17) is 0 Å². The van der Waals surface area contributed by atoms with Gasteiger partial charge < -0.3 is 5.32 Å². The Morgan fingerprint density at radius 1 is 1.14 bits per heavy atom. The van der Waals surface area contributed by atoms with Gasteiger partial charge in [-0.2, -0.15) is 5.26 Å². The van der Waals surface area contributed by atoms with Crippen LogP contribution >= 0.6 is 11.3 Å². The van der Waals surface area contributed by atoms with E-state index in [1.54, 1.807) is 17.6 Å². The standard InChI is InChI=1S/C22H23N3O2S/c1-11-7-13(3)20-17(8-11)12(2)9-19(26)25(20)15(5)21(27)24-22-18(10-23)14(4)16(6)28-22/h7-9,15H,1-6H3,(H,24,27). The van der Waals surface area contributed by atoms with Gasteiger partial charge in [-0.25, -0.2) is 0 Å². The number of benzene rings is 1. The minimum Gasteiger partial charge on any atom is -0.315 e. The summed E-state index contributed by atoms with van der Waals surface area (Å²) >= 11 is 1.38. The van der Waals surface area contributed by atoms with Crippen molar-refractivity contribution in [1.29, 1.82) is 5.26 Å². The van der Waals surface area contributed by atoms with Crippen molar-refractivity contribution in [2.45, 2.75) is 47.6 Å². The molecule has 0 radical (unpaired) electrons. The van der Waals surface area contributed by atoms with Crippen molar-refractivity contribution < 1.29 is 4.79 Å². The summed E-state index contributed by atoms with van der Waals surface area (Å²) in [7, 11) is 0. The number of thiophene rings is 1. The van der Waals surface area contributed by atoms with E-state index in [0.29, 0.717) is 10.6 Å². The Balaban J connectivity index is 2.11. The maximum Gasteiger partial charge on any atom is 0.252 e. The topological polar surface area (TPSA) is 74.9 Å². The quantitative estimate of drug-likeness (QED) is 0.702. The molecule has 28 heavy (non-hydrogen) atoms. The smallest absolute Gasteiger partial charge is 0.252 e. The highest BCUT2D eigenvalue weighted by Crippen LogP contribution is 2.32. The lowest BCUT2D eigenvalue weighted by Crippen LogP contribution is -2.32. The van der Waals surface area contributed by atoms with Gasteiger partial charge >= 0.3 is 0 Å². The van der Waals surface area contributed by atoms with E-state index in [0.717, 1.165) is 38.0 Å². The maximum absolute atomic E-state index is 13.0. The highest BCUT2D eigenvalue weighted by atomic mass is 32.1. The molecule has 0 fully saturated rings. The van der Waals surface area contributed by atoms with Gasteiger partial charge in [-0.1, -0.05) is 11.6 Å². The number of aromatic nitrogens is 1. The molecule has 5 nitrogen and oxygen atoms in total. The van der Waals surface area contributed by atoms with Crippen LogP contribution in [0.15, 0.2) is 23.0 Å². The van der Waals surface area contributed by atoms with Gasteiger partial charge in [0.1, 0.15) is 17.1 Å². The predicted molar refractivity (Wildman–Crippen MR) is 114 cm³/mol. The highest BCUT2D eigenvalue weighted by molar-refractivity contribution is 7.16. The van der Waals surface area contributed by atoms with E-state index in [2.05, 4.69) is 11.4 Å². The van der Waals surface area contributed by atoms with Crippen LogP contribution in [-0.4, -0.2) is 10.5 Å². The first-order valence-corrected chi connectivity index (χ1v) is 9.91. The molecule has 144 valence electrons. The van der Waals surface area contributed by atoms with Crippen LogP contribution < -0.4 is 10.9 Å². The van der Waals surface area contributed by atoms with Crippen molar-refractivity contribution in [3.8, 4) is 6.07 Å². The van der Waals surface area contributed by atoms with Gasteiger partial charge in [0.2, 0.25) is 5.91 Å². The Labute approximate surface area is 168 Å². The van der Waals surface area contributed by atoms with Crippen LogP contribution in [0, 0.1) is 45.9 Å². The monoisotopic (exact) mass is 393 g/mol. The van der Waals surface area contributed by atoms with Gasteiger partial charge in [-0.3, -0.25) is 14.2 Å². The number of nitrogens with one attached hydrogen (secondary N) is 1. The van der Waals surface area contributed by atoms with Crippen LogP contribution in [0.1, 0.15) is 45.7 Å². The van der Waals surface area contributed by atoms with Crippen molar-refractivity contribution in [3.05, 3.63) is 61.2 Å². The molecule has 0 bridgehead atoms. The van der Waals surface area contributed by atoms with Crippen molar-refractivity contribution >= 4 is 33.1 Å². The van der Waals surface area contributed by atoms with Gasteiger partial charge in [0.15, 0.2) is 0 Å². The lowest BCUT2D eigenvalue weighted by molar-refractivity contribution is -0.118. The van der Waals surface area contributed by atoms with Crippen molar-refractivity contribution in [2.75, 3.05) is 5.32 Å². The fourth-order valence-corrected chi connectivity index (χ4v) is 4.60. The lowest BCUT2D eigenvalue weighted by Gasteiger charge is -2.20. The molecule has 6 heteroatoms. The zero-order valence-corrected chi connectivity index (χ0v) is 17.7. The van der Waals surface area contributed by atoms with Crippen molar-refractivity contribution in [2.24, 2.45) is 0 Å². The largest absolute Gasteiger partial charge is 0.315 e. The summed E-state index contributed by atoms with van der Waals surface area (Å²) in [5, 5.41) is 13.8. The first kappa shape index (κ1) is 19.8. The van der Waals surface area contributed by atoms with E-state index >= 15 is 0 Å². The summed E-state index contributed by atoms with van der Waals surface area (Å²) in [6.45, 7) is 11.4. The Morgan fingerprint density at radius 3 is 2.46 bits per heavy atom. The normalized spacial score (nSPS) is 12.0. The van der Waals surface area contributed by atoms with Crippen LogP contribution in [0.25, 0.3) is 10.9 Å². The zero-order valence-electron chi connectivity index (χ0n) is 16.9. The number of aryl methyl sites for hydroxylation is 4. The number of fused-ring (bicyclic) bond motifs is 1. The van der Waals surface area contributed by atoms with E-state index in [1.165, 1.54) is 11.3 Å².